The van der Waals surface area contributed by atoms with Crippen molar-refractivity contribution in [2.24, 2.45) is 5.92 Å². The molecule has 0 fully saturated rings. The number of carboxylic acid groups (broad SMARTS) is 1. The molecule has 0 aliphatic carbocycles. The smallest absolute Gasteiger partial charge is 0.315 e. The first-order valence-electron chi connectivity index (χ1n) is 5.95. The topological polar surface area (TPSA) is 66.8 Å². The lowest BCUT2D eigenvalue weighted by Gasteiger charge is -2.21. The molecule has 1 amide bonds. The van der Waals surface area contributed by atoms with Gasteiger partial charge in [-0.1, -0.05) is 0 Å². The van der Waals surface area contributed by atoms with E-state index in [4.69, 9.17) is 9.84 Å². The molecular weight excluding hydrogens is 246 g/mol. The van der Waals surface area contributed by atoms with Crippen molar-refractivity contribution in [1.82, 2.24) is 0 Å². The Labute approximate surface area is 112 Å². The first-order valence-corrected chi connectivity index (χ1v) is 5.95. The van der Waals surface area contributed by atoms with Gasteiger partial charge in [-0.15, -0.1) is 0 Å². The van der Waals surface area contributed by atoms with E-state index in [1.807, 2.05) is 13.8 Å². The predicted octanol–water partition coefficient (Wildman–Crippen LogP) is 2.00. The van der Waals surface area contributed by atoms with Crippen molar-refractivity contribution >= 4 is 17.6 Å². The van der Waals surface area contributed by atoms with Gasteiger partial charge < -0.3 is 14.7 Å². The highest BCUT2D eigenvalue weighted by atomic mass is 16.5. The Kier molecular flexibility index (Phi) is 4.53. The number of aliphatic carboxylic acids is 1. The van der Waals surface area contributed by atoms with Crippen LogP contribution in [-0.2, 0) is 9.59 Å². The van der Waals surface area contributed by atoms with Gasteiger partial charge in [0.05, 0.1) is 7.11 Å². The number of ether oxygens (including phenoxy) is 1. The van der Waals surface area contributed by atoms with Crippen LogP contribution in [0.1, 0.15) is 18.1 Å². The molecular formula is C14H19NO4. The van der Waals surface area contributed by atoms with E-state index in [0.717, 1.165) is 16.9 Å². The number of nitrogens with zero attached hydrogens (tertiary/aromatic N) is 1. The molecule has 0 bridgehead atoms. The monoisotopic (exact) mass is 265 g/mol. The number of rotatable bonds is 4. The summed E-state index contributed by atoms with van der Waals surface area (Å²) < 4.78 is 5.26. The second-order valence-electron chi connectivity index (χ2n) is 4.57. The van der Waals surface area contributed by atoms with Crippen LogP contribution in [0.25, 0.3) is 0 Å². The Hall–Kier alpha value is -2.04. The van der Waals surface area contributed by atoms with Crippen LogP contribution in [0.5, 0.6) is 5.75 Å². The van der Waals surface area contributed by atoms with Crippen LogP contribution in [0.15, 0.2) is 12.1 Å². The summed E-state index contributed by atoms with van der Waals surface area (Å²) in [5.41, 5.74) is 2.47. The molecule has 0 heterocycles. The average molecular weight is 265 g/mol. The molecule has 1 N–H and O–H groups in total. The third-order valence-electron chi connectivity index (χ3n) is 3.11. The molecule has 1 unspecified atom stereocenters. The molecule has 0 aromatic heterocycles. The van der Waals surface area contributed by atoms with Gasteiger partial charge in [0.1, 0.15) is 11.7 Å². The van der Waals surface area contributed by atoms with Crippen molar-refractivity contribution in [3.63, 3.8) is 0 Å². The van der Waals surface area contributed by atoms with Crippen molar-refractivity contribution < 1.29 is 19.4 Å². The molecule has 104 valence electrons. The van der Waals surface area contributed by atoms with Crippen LogP contribution >= 0.6 is 0 Å². The van der Waals surface area contributed by atoms with Gasteiger partial charge in [-0.25, -0.2) is 0 Å². The van der Waals surface area contributed by atoms with E-state index in [-0.39, 0.29) is 0 Å². The summed E-state index contributed by atoms with van der Waals surface area (Å²) in [6.07, 6.45) is 0. The minimum absolute atomic E-state index is 0.448. The predicted molar refractivity (Wildman–Crippen MR) is 72.7 cm³/mol. The summed E-state index contributed by atoms with van der Waals surface area (Å²) >= 11 is 0. The quantitative estimate of drug-likeness (QED) is 0.845. The molecule has 0 saturated carbocycles. The number of carboxylic acids is 1. The van der Waals surface area contributed by atoms with E-state index >= 15 is 0 Å². The molecule has 0 aliphatic heterocycles. The second kappa shape index (κ2) is 5.73. The summed E-state index contributed by atoms with van der Waals surface area (Å²) in [5, 5.41) is 8.87. The fourth-order valence-electron chi connectivity index (χ4n) is 1.97. The maximum absolute atomic E-state index is 12.0. The van der Waals surface area contributed by atoms with Crippen LogP contribution in [0.4, 0.5) is 5.69 Å². The number of aryl methyl sites for hydroxylation is 2. The lowest BCUT2D eigenvalue weighted by atomic mass is 10.1. The summed E-state index contributed by atoms with van der Waals surface area (Å²) in [5.74, 6) is -1.86. The van der Waals surface area contributed by atoms with Gasteiger partial charge in [0.25, 0.3) is 0 Å². The molecule has 19 heavy (non-hydrogen) atoms. The third kappa shape index (κ3) is 3.05. The molecule has 1 rings (SSSR count). The van der Waals surface area contributed by atoms with Crippen LogP contribution in [0.3, 0.4) is 0 Å². The van der Waals surface area contributed by atoms with Gasteiger partial charge in [-0.2, -0.15) is 0 Å². The van der Waals surface area contributed by atoms with Crippen LogP contribution in [-0.4, -0.2) is 31.1 Å². The lowest BCUT2D eigenvalue weighted by molar-refractivity contribution is -0.145. The van der Waals surface area contributed by atoms with E-state index in [9.17, 15) is 9.59 Å². The number of methoxy groups -OCH3 is 1. The van der Waals surface area contributed by atoms with E-state index < -0.39 is 17.8 Å². The Morgan fingerprint density at radius 3 is 2.11 bits per heavy atom. The maximum atomic E-state index is 12.0. The first-order chi connectivity index (χ1) is 8.79. The summed E-state index contributed by atoms with van der Waals surface area (Å²) in [7, 11) is 3.17. The summed E-state index contributed by atoms with van der Waals surface area (Å²) in [6, 6.07) is 3.61. The number of carbonyl (C=O) groups excluding carboxylic acids is 1. The number of amides is 1. The highest BCUT2D eigenvalue weighted by molar-refractivity contribution is 6.05. The Morgan fingerprint density at radius 1 is 1.26 bits per heavy atom. The number of benzene rings is 1. The average Bonchev–Trinajstić information content (AvgIpc) is 2.35. The summed E-state index contributed by atoms with van der Waals surface area (Å²) in [6.45, 7) is 5.15. The molecule has 1 atom stereocenters. The first kappa shape index (κ1) is 15.0. The number of hydrogen-bond acceptors (Lipinski definition) is 3. The van der Waals surface area contributed by atoms with Gasteiger partial charge in [-0.05, 0) is 44.0 Å². The fraction of sp³-hybridized carbons (Fsp3) is 0.429. The van der Waals surface area contributed by atoms with Gasteiger partial charge in [0.15, 0.2) is 0 Å². The number of carbonyl (C=O) groups is 2. The van der Waals surface area contributed by atoms with Gasteiger partial charge >= 0.3 is 5.97 Å². The normalized spacial score (nSPS) is 11.8. The lowest BCUT2D eigenvalue weighted by Crippen LogP contribution is -2.35. The van der Waals surface area contributed by atoms with E-state index in [2.05, 4.69) is 0 Å². The third-order valence-corrected chi connectivity index (χ3v) is 3.11. The van der Waals surface area contributed by atoms with E-state index in [1.165, 1.54) is 11.8 Å². The molecule has 1 aromatic rings. The van der Waals surface area contributed by atoms with Crippen LogP contribution in [0.2, 0.25) is 0 Å². The molecule has 0 spiro atoms. The zero-order chi connectivity index (χ0) is 14.7. The van der Waals surface area contributed by atoms with E-state index in [0.29, 0.717) is 5.69 Å². The molecule has 5 nitrogen and oxygen atoms in total. The highest BCUT2D eigenvalue weighted by Gasteiger charge is 2.25. The second-order valence-corrected chi connectivity index (χ2v) is 4.57. The number of hydrogen-bond donors (Lipinski definition) is 1. The van der Waals surface area contributed by atoms with Crippen molar-refractivity contribution in [2.45, 2.75) is 20.8 Å². The maximum Gasteiger partial charge on any atom is 0.315 e. The molecule has 0 saturated heterocycles. The van der Waals surface area contributed by atoms with Gasteiger partial charge in [0, 0.05) is 12.7 Å². The van der Waals surface area contributed by atoms with Crippen molar-refractivity contribution in [3.8, 4) is 5.75 Å². The van der Waals surface area contributed by atoms with Crippen LogP contribution < -0.4 is 9.64 Å². The molecule has 0 aliphatic rings. The Morgan fingerprint density at radius 2 is 1.74 bits per heavy atom. The minimum atomic E-state index is -1.13. The van der Waals surface area contributed by atoms with Crippen LogP contribution in [0, 0.1) is 19.8 Å². The zero-order valence-corrected chi connectivity index (χ0v) is 11.9. The fourth-order valence-corrected chi connectivity index (χ4v) is 1.97. The van der Waals surface area contributed by atoms with E-state index in [1.54, 1.807) is 26.3 Å². The molecule has 0 radical (unpaired) electrons. The largest absolute Gasteiger partial charge is 0.496 e. The minimum Gasteiger partial charge on any atom is -0.496 e. The van der Waals surface area contributed by atoms with Crippen molar-refractivity contribution in [2.75, 3.05) is 19.1 Å². The highest BCUT2D eigenvalue weighted by Crippen LogP contribution is 2.28. The van der Waals surface area contributed by atoms with Gasteiger partial charge in [-0.3, -0.25) is 9.59 Å². The van der Waals surface area contributed by atoms with Crippen molar-refractivity contribution in [3.05, 3.63) is 23.3 Å². The SMILES string of the molecule is COc1c(C)cc(N(C)C(=O)C(C)C(=O)O)cc1C. The Bertz CT molecular complexity index is 487. The molecule has 5 heteroatoms. The summed E-state index contributed by atoms with van der Waals surface area (Å²) in [4.78, 5) is 24.2. The van der Waals surface area contributed by atoms with Crippen molar-refractivity contribution in [1.29, 1.82) is 0 Å². The Balaban J connectivity index is 3.10. The molecule has 1 aromatic carbocycles. The standard InChI is InChI=1S/C14H19NO4/c1-8-6-11(7-9(2)12(8)19-5)15(4)13(16)10(3)14(17)18/h6-7,10H,1-5H3,(H,17,18). The zero-order valence-electron chi connectivity index (χ0n) is 11.9. The number of anilines is 1. The van der Waals surface area contributed by atoms with Gasteiger partial charge in [0.2, 0.25) is 5.91 Å².